The average molecular weight is 591 g/mol. The highest BCUT2D eigenvalue weighted by molar-refractivity contribution is 7.92. The van der Waals surface area contributed by atoms with E-state index in [1.54, 1.807) is 19.1 Å². The number of hydrogen-bond acceptors (Lipinski definition) is 4. The van der Waals surface area contributed by atoms with E-state index in [0.29, 0.717) is 6.54 Å². The Kier molecular flexibility index (Phi) is 10.4. The molecule has 0 aliphatic carbocycles. The molecule has 208 valence electrons. The molecule has 0 spiro atoms. The minimum atomic E-state index is -4.24. The molecule has 1 atom stereocenters. The molecule has 0 saturated carbocycles. The first-order valence-electron chi connectivity index (χ1n) is 12.6. The highest BCUT2D eigenvalue weighted by Gasteiger charge is 2.33. The van der Waals surface area contributed by atoms with Crippen molar-refractivity contribution in [2.24, 2.45) is 0 Å². The maximum Gasteiger partial charge on any atom is 0.264 e. The lowest BCUT2D eigenvalue weighted by atomic mass is 10.1. The summed E-state index contributed by atoms with van der Waals surface area (Å²) < 4.78 is 28.7. The van der Waals surface area contributed by atoms with Crippen LogP contribution in [0.5, 0.6) is 0 Å². The van der Waals surface area contributed by atoms with E-state index in [0.717, 1.165) is 27.4 Å². The number of amides is 2. The first-order valence-corrected chi connectivity index (χ1v) is 14.8. The number of hydrogen-bond donors (Lipinski definition) is 1. The summed E-state index contributed by atoms with van der Waals surface area (Å²) in [6, 6.07) is 17.4. The number of carbonyl (C=O) groups is 2. The second kappa shape index (κ2) is 13.3. The first kappa shape index (κ1) is 30.5. The van der Waals surface area contributed by atoms with E-state index in [9.17, 15) is 18.0 Å². The van der Waals surface area contributed by atoms with Gasteiger partial charge in [-0.15, -0.1) is 0 Å². The predicted molar refractivity (Wildman–Crippen MR) is 157 cm³/mol. The molecule has 0 unspecified atom stereocenters. The lowest BCUT2D eigenvalue weighted by Crippen LogP contribution is -2.51. The summed E-state index contributed by atoms with van der Waals surface area (Å²) in [6.45, 7) is 7.32. The van der Waals surface area contributed by atoms with Crippen LogP contribution in [-0.2, 0) is 26.2 Å². The first-order chi connectivity index (χ1) is 18.4. The summed E-state index contributed by atoms with van der Waals surface area (Å²) in [5.74, 6) is -0.892. The summed E-state index contributed by atoms with van der Waals surface area (Å²) in [5, 5.41) is 3.20. The van der Waals surface area contributed by atoms with Crippen molar-refractivity contribution >= 4 is 50.7 Å². The van der Waals surface area contributed by atoms with Crippen LogP contribution in [0.1, 0.15) is 37.0 Å². The van der Waals surface area contributed by atoms with Crippen molar-refractivity contribution < 1.29 is 18.0 Å². The lowest BCUT2D eigenvalue weighted by Gasteiger charge is -2.32. The lowest BCUT2D eigenvalue weighted by molar-refractivity contribution is -0.139. The summed E-state index contributed by atoms with van der Waals surface area (Å²) in [6.07, 6.45) is 0.736. The summed E-state index contributed by atoms with van der Waals surface area (Å²) in [4.78, 5) is 28.3. The van der Waals surface area contributed by atoms with Gasteiger partial charge in [-0.2, -0.15) is 0 Å². The number of halogens is 2. The highest BCUT2D eigenvalue weighted by atomic mass is 35.5. The number of nitrogens with zero attached hydrogens (tertiary/aromatic N) is 2. The zero-order chi connectivity index (χ0) is 28.7. The number of rotatable bonds is 11. The van der Waals surface area contributed by atoms with E-state index in [-0.39, 0.29) is 33.1 Å². The molecule has 0 bridgehead atoms. The largest absolute Gasteiger partial charge is 0.354 e. The van der Waals surface area contributed by atoms with Crippen molar-refractivity contribution in [3.8, 4) is 0 Å². The van der Waals surface area contributed by atoms with E-state index in [2.05, 4.69) is 5.32 Å². The predicted octanol–water partition coefficient (Wildman–Crippen LogP) is 5.75. The molecular formula is C29H33Cl2N3O4S. The normalized spacial score (nSPS) is 12.1. The van der Waals surface area contributed by atoms with Gasteiger partial charge in [-0.1, -0.05) is 72.1 Å². The minimum absolute atomic E-state index is 0.00358. The number of sulfonamides is 1. The molecule has 0 aromatic heterocycles. The molecule has 0 radical (unpaired) electrons. The van der Waals surface area contributed by atoms with Gasteiger partial charge in [0.05, 0.1) is 15.6 Å². The Bertz CT molecular complexity index is 1430. The number of benzene rings is 3. The van der Waals surface area contributed by atoms with Crippen molar-refractivity contribution in [3.63, 3.8) is 0 Å². The van der Waals surface area contributed by atoms with Crippen LogP contribution in [0.2, 0.25) is 10.0 Å². The molecule has 0 heterocycles. The van der Waals surface area contributed by atoms with Gasteiger partial charge in [-0.3, -0.25) is 13.9 Å². The molecular weight excluding hydrogens is 557 g/mol. The van der Waals surface area contributed by atoms with Crippen molar-refractivity contribution in [2.75, 3.05) is 17.4 Å². The standard InChI is InChI=1S/C29H33Cl2N3O4S/c1-5-16-32-29(36)22(4)33(18-23-9-7-6-8-21(23)3)28(35)19-34(27-17-24(30)12-15-26(27)31)39(37,38)25-13-10-20(2)11-14-25/h6-15,17,22H,5,16,18-19H2,1-4H3,(H,32,36)/t22-/m1/s1. The van der Waals surface area contributed by atoms with E-state index in [1.807, 2.05) is 45.0 Å². The summed E-state index contributed by atoms with van der Waals surface area (Å²) >= 11 is 12.7. The van der Waals surface area contributed by atoms with Gasteiger partial charge in [0.15, 0.2) is 0 Å². The fraction of sp³-hybridized carbons (Fsp3) is 0.310. The second-order valence-corrected chi connectivity index (χ2v) is 12.0. The van der Waals surface area contributed by atoms with E-state index in [4.69, 9.17) is 23.2 Å². The van der Waals surface area contributed by atoms with Gasteiger partial charge in [0, 0.05) is 18.1 Å². The third-order valence-corrected chi connectivity index (χ3v) is 8.71. The molecule has 0 saturated heterocycles. The SMILES string of the molecule is CCCNC(=O)[C@@H](C)N(Cc1ccccc1C)C(=O)CN(c1cc(Cl)ccc1Cl)S(=O)(=O)c1ccc(C)cc1. The van der Waals surface area contributed by atoms with E-state index < -0.39 is 28.5 Å². The molecule has 2 amide bonds. The van der Waals surface area contributed by atoms with Crippen LogP contribution in [0.3, 0.4) is 0 Å². The van der Waals surface area contributed by atoms with Gasteiger partial charge in [0.1, 0.15) is 12.6 Å². The highest BCUT2D eigenvalue weighted by Crippen LogP contribution is 2.33. The maximum absolute atomic E-state index is 14.0. The Labute approximate surface area is 240 Å². The smallest absolute Gasteiger partial charge is 0.264 e. The van der Waals surface area contributed by atoms with Gasteiger partial charge in [-0.25, -0.2) is 8.42 Å². The quantitative estimate of drug-likeness (QED) is 0.308. The molecule has 1 N–H and O–H groups in total. The molecule has 0 aliphatic rings. The van der Waals surface area contributed by atoms with Crippen molar-refractivity contribution in [1.82, 2.24) is 10.2 Å². The van der Waals surface area contributed by atoms with E-state index in [1.165, 1.54) is 35.2 Å². The van der Waals surface area contributed by atoms with E-state index >= 15 is 0 Å². The number of anilines is 1. The number of nitrogens with one attached hydrogen (secondary N) is 1. The molecule has 3 aromatic rings. The molecule has 39 heavy (non-hydrogen) atoms. The van der Waals surface area contributed by atoms with Gasteiger partial charge < -0.3 is 10.2 Å². The fourth-order valence-corrected chi connectivity index (χ4v) is 5.84. The zero-order valence-corrected chi connectivity index (χ0v) is 24.8. The monoisotopic (exact) mass is 589 g/mol. The van der Waals surface area contributed by atoms with Crippen LogP contribution in [-0.4, -0.2) is 44.3 Å². The van der Waals surface area contributed by atoms with Crippen LogP contribution in [0, 0.1) is 13.8 Å². The average Bonchev–Trinajstić information content (AvgIpc) is 2.91. The van der Waals surface area contributed by atoms with Crippen molar-refractivity contribution in [2.45, 2.75) is 51.6 Å². The van der Waals surface area contributed by atoms with Gasteiger partial charge in [-0.05, 0) is 68.7 Å². The zero-order valence-electron chi connectivity index (χ0n) is 22.4. The summed E-state index contributed by atoms with van der Waals surface area (Å²) in [7, 11) is -4.24. The third-order valence-electron chi connectivity index (χ3n) is 6.38. The maximum atomic E-state index is 14.0. The molecule has 10 heteroatoms. The van der Waals surface area contributed by atoms with Crippen LogP contribution < -0.4 is 9.62 Å². The Morgan fingerprint density at radius 1 is 0.974 bits per heavy atom. The van der Waals surface area contributed by atoms with Gasteiger partial charge >= 0.3 is 0 Å². The van der Waals surface area contributed by atoms with Crippen molar-refractivity contribution in [3.05, 3.63) is 93.5 Å². The minimum Gasteiger partial charge on any atom is -0.354 e. The molecule has 3 rings (SSSR count). The third kappa shape index (κ3) is 7.53. The molecule has 0 fully saturated rings. The van der Waals surface area contributed by atoms with Crippen LogP contribution in [0.15, 0.2) is 71.6 Å². The number of carbonyl (C=O) groups excluding carboxylic acids is 2. The Hall–Kier alpha value is -3.07. The Balaban J connectivity index is 2.07. The summed E-state index contributed by atoms with van der Waals surface area (Å²) in [5.41, 5.74) is 2.74. The molecule has 0 aliphatic heterocycles. The van der Waals surface area contributed by atoms with Crippen molar-refractivity contribution in [1.29, 1.82) is 0 Å². The van der Waals surface area contributed by atoms with Crippen LogP contribution >= 0.6 is 23.2 Å². The van der Waals surface area contributed by atoms with Crippen LogP contribution in [0.25, 0.3) is 0 Å². The topological polar surface area (TPSA) is 86.8 Å². The molecule has 7 nitrogen and oxygen atoms in total. The van der Waals surface area contributed by atoms with Gasteiger partial charge in [0.25, 0.3) is 10.0 Å². The molecule has 3 aromatic carbocycles. The van der Waals surface area contributed by atoms with Gasteiger partial charge in [0.2, 0.25) is 11.8 Å². The number of aryl methyl sites for hydroxylation is 2. The Morgan fingerprint density at radius 3 is 2.28 bits per heavy atom. The van der Waals surface area contributed by atoms with Crippen LogP contribution in [0.4, 0.5) is 5.69 Å². The second-order valence-electron chi connectivity index (χ2n) is 9.34. The fourth-order valence-electron chi connectivity index (χ4n) is 3.98. The Morgan fingerprint density at radius 2 is 1.64 bits per heavy atom.